The summed E-state index contributed by atoms with van der Waals surface area (Å²) in [6.45, 7) is 13.1. The lowest BCUT2D eigenvalue weighted by Crippen LogP contribution is -2.72. The van der Waals surface area contributed by atoms with Crippen molar-refractivity contribution in [3.05, 3.63) is 23.8 Å². The minimum Gasteiger partial charge on any atom is -0.458 e. The maximum atomic E-state index is 12.2. The highest BCUT2D eigenvalue weighted by molar-refractivity contribution is 5.92. The highest BCUT2D eigenvalue weighted by atomic mass is 16.7. The van der Waals surface area contributed by atoms with E-state index in [-0.39, 0.29) is 29.3 Å². The molecule has 6 nitrogen and oxygen atoms in total. The number of cyclic esters (lactones) is 1. The highest BCUT2D eigenvalue weighted by Crippen LogP contribution is 2.72. The SMILES string of the molecule is C=CC(=O)O[C@@H]1[C@H](C(C)C)C[C@@H]2O[C@@]23[C@@]2(C)CCC4=C(COC4=O)[C@@H]2CO[C@]13C. The molecule has 1 saturated carbocycles. The maximum Gasteiger partial charge on any atom is 0.334 e. The predicted molar refractivity (Wildman–Crippen MR) is 104 cm³/mol. The van der Waals surface area contributed by atoms with Gasteiger partial charge < -0.3 is 18.9 Å². The standard InChI is InChI=1S/C23H30O6/c1-6-18(24)28-19-14(12(2)3)9-17-23(29-17)21(4)8-7-13-15(10-26-20(13)25)16(21)11-27-22(19,23)5/h6,12,14,16-17,19H,1,7-11H2,2-5H3/t14-,16-,17-,19+,21-,22+,23+/m0/s1. The molecule has 29 heavy (non-hydrogen) atoms. The van der Waals surface area contributed by atoms with E-state index in [1.54, 1.807) is 0 Å². The second-order valence-electron chi connectivity index (χ2n) is 10.0. The Morgan fingerprint density at radius 1 is 1.34 bits per heavy atom. The Morgan fingerprint density at radius 2 is 2.10 bits per heavy atom. The Labute approximate surface area is 171 Å². The van der Waals surface area contributed by atoms with Crippen LogP contribution in [0.25, 0.3) is 0 Å². The molecule has 2 saturated heterocycles. The molecule has 5 aliphatic rings. The van der Waals surface area contributed by atoms with Crippen LogP contribution in [-0.4, -0.2) is 48.6 Å². The van der Waals surface area contributed by atoms with Crippen LogP contribution in [0.1, 0.15) is 47.0 Å². The van der Waals surface area contributed by atoms with Gasteiger partial charge in [-0.3, -0.25) is 0 Å². The lowest BCUT2D eigenvalue weighted by Gasteiger charge is -2.60. The van der Waals surface area contributed by atoms with Gasteiger partial charge in [0.05, 0.1) is 12.7 Å². The van der Waals surface area contributed by atoms with Crippen molar-refractivity contribution in [3.8, 4) is 0 Å². The molecule has 5 rings (SSSR count). The molecule has 0 N–H and O–H groups in total. The van der Waals surface area contributed by atoms with E-state index in [2.05, 4.69) is 34.3 Å². The zero-order chi connectivity index (χ0) is 20.8. The van der Waals surface area contributed by atoms with Crippen molar-refractivity contribution in [3.63, 3.8) is 0 Å². The Kier molecular flexibility index (Phi) is 3.96. The Morgan fingerprint density at radius 3 is 2.79 bits per heavy atom. The number of hydrogen-bond donors (Lipinski definition) is 0. The van der Waals surface area contributed by atoms with E-state index in [9.17, 15) is 9.59 Å². The van der Waals surface area contributed by atoms with Gasteiger partial charge in [-0.2, -0.15) is 0 Å². The average molecular weight is 402 g/mol. The van der Waals surface area contributed by atoms with Crippen LogP contribution in [0.3, 0.4) is 0 Å². The first-order valence-electron chi connectivity index (χ1n) is 10.7. The van der Waals surface area contributed by atoms with Gasteiger partial charge in [0.2, 0.25) is 0 Å². The van der Waals surface area contributed by atoms with E-state index in [1.165, 1.54) is 6.08 Å². The van der Waals surface area contributed by atoms with Crippen molar-refractivity contribution in [2.45, 2.75) is 70.4 Å². The summed E-state index contributed by atoms with van der Waals surface area (Å²) in [7, 11) is 0. The number of epoxide rings is 1. The van der Waals surface area contributed by atoms with E-state index in [0.717, 1.165) is 24.0 Å². The highest BCUT2D eigenvalue weighted by Gasteiger charge is 2.84. The molecule has 1 spiro atoms. The topological polar surface area (TPSA) is 74.4 Å². The minimum absolute atomic E-state index is 0.0755. The summed E-state index contributed by atoms with van der Waals surface area (Å²) in [4.78, 5) is 24.4. The number of ether oxygens (including phenoxy) is 4. The molecule has 3 aliphatic heterocycles. The van der Waals surface area contributed by atoms with Crippen LogP contribution < -0.4 is 0 Å². The molecule has 0 radical (unpaired) electrons. The molecule has 0 aromatic heterocycles. The van der Waals surface area contributed by atoms with Crippen molar-refractivity contribution in [2.24, 2.45) is 23.2 Å². The number of esters is 2. The largest absolute Gasteiger partial charge is 0.458 e. The third-order valence-corrected chi connectivity index (χ3v) is 8.62. The summed E-state index contributed by atoms with van der Waals surface area (Å²) in [5.74, 6) is -0.0354. The number of rotatable bonds is 3. The zero-order valence-electron chi connectivity index (χ0n) is 17.7. The first-order chi connectivity index (χ1) is 13.7. The maximum absolute atomic E-state index is 12.2. The van der Waals surface area contributed by atoms with Gasteiger partial charge in [0.15, 0.2) is 0 Å². The molecule has 3 fully saturated rings. The van der Waals surface area contributed by atoms with Crippen LogP contribution >= 0.6 is 0 Å². The molecule has 2 aliphatic carbocycles. The van der Waals surface area contributed by atoms with Crippen LogP contribution in [0, 0.1) is 23.2 Å². The van der Waals surface area contributed by atoms with Gasteiger partial charge in [-0.15, -0.1) is 0 Å². The van der Waals surface area contributed by atoms with Gasteiger partial charge in [0, 0.05) is 28.9 Å². The van der Waals surface area contributed by atoms with Gasteiger partial charge in [-0.05, 0) is 37.7 Å². The minimum atomic E-state index is -0.740. The summed E-state index contributed by atoms with van der Waals surface area (Å²) in [6.07, 6.45) is 3.29. The zero-order valence-corrected chi connectivity index (χ0v) is 17.7. The molecule has 0 bridgehead atoms. The number of hydrogen-bond acceptors (Lipinski definition) is 6. The Hall–Kier alpha value is -1.66. The van der Waals surface area contributed by atoms with E-state index >= 15 is 0 Å². The van der Waals surface area contributed by atoms with Crippen LogP contribution in [-0.2, 0) is 28.5 Å². The Bertz CT molecular complexity index is 829. The van der Waals surface area contributed by atoms with E-state index in [4.69, 9.17) is 18.9 Å². The fourth-order valence-corrected chi connectivity index (χ4v) is 7.04. The molecule has 0 aromatic rings. The summed E-state index contributed by atoms with van der Waals surface area (Å²) < 4.78 is 24.5. The quantitative estimate of drug-likeness (QED) is 0.411. The van der Waals surface area contributed by atoms with Crippen molar-refractivity contribution < 1.29 is 28.5 Å². The molecule has 3 heterocycles. The van der Waals surface area contributed by atoms with Crippen molar-refractivity contribution in [2.75, 3.05) is 13.2 Å². The summed E-state index contributed by atoms with van der Waals surface area (Å²) in [5.41, 5.74) is 0.456. The number of carbonyl (C=O) groups excluding carboxylic acids is 2. The fraction of sp³-hybridized carbons (Fsp3) is 0.739. The van der Waals surface area contributed by atoms with Crippen molar-refractivity contribution in [1.82, 2.24) is 0 Å². The van der Waals surface area contributed by atoms with Gasteiger partial charge in [-0.25, -0.2) is 9.59 Å². The molecule has 158 valence electrons. The molecule has 0 aromatic carbocycles. The van der Waals surface area contributed by atoms with Gasteiger partial charge in [-0.1, -0.05) is 27.4 Å². The third kappa shape index (κ3) is 2.19. The summed E-state index contributed by atoms with van der Waals surface area (Å²) >= 11 is 0. The summed E-state index contributed by atoms with van der Waals surface area (Å²) in [6, 6.07) is 0. The van der Waals surface area contributed by atoms with Crippen LogP contribution in [0.2, 0.25) is 0 Å². The second-order valence-corrected chi connectivity index (χ2v) is 10.0. The van der Waals surface area contributed by atoms with E-state index < -0.39 is 23.3 Å². The average Bonchev–Trinajstić information content (AvgIpc) is 3.33. The normalized spacial score (nSPS) is 47.6. The fourth-order valence-electron chi connectivity index (χ4n) is 7.04. The molecular formula is C23H30O6. The van der Waals surface area contributed by atoms with Gasteiger partial charge in [0.25, 0.3) is 0 Å². The van der Waals surface area contributed by atoms with Crippen LogP contribution in [0.15, 0.2) is 23.8 Å². The lowest BCUT2D eigenvalue weighted by molar-refractivity contribution is -0.260. The van der Waals surface area contributed by atoms with Crippen molar-refractivity contribution >= 4 is 11.9 Å². The molecular weight excluding hydrogens is 372 g/mol. The van der Waals surface area contributed by atoms with Gasteiger partial charge in [0.1, 0.15) is 23.9 Å². The lowest BCUT2D eigenvalue weighted by atomic mass is 9.49. The molecule has 0 amide bonds. The smallest absolute Gasteiger partial charge is 0.334 e. The van der Waals surface area contributed by atoms with E-state index in [0.29, 0.717) is 25.6 Å². The van der Waals surface area contributed by atoms with E-state index in [1.807, 2.05) is 0 Å². The van der Waals surface area contributed by atoms with Crippen LogP contribution in [0.4, 0.5) is 0 Å². The predicted octanol–water partition coefficient (Wildman–Crippen LogP) is 2.96. The third-order valence-electron chi connectivity index (χ3n) is 8.62. The first-order valence-corrected chi connectivity index (χ1v) is 10.7. The van der Waals surface area contributed by atoms with Crippen molar-refractivity contribution in [1.29, 1.82) is 0 Å². The first kappa shape index (κ1) is 19.3. The molecule has 7 atom stereocenters. The molecule has 6 heteroatoms. The Balaban J connectivity index is 1.58. The monoisotopic (exact) mass is 402 g/mol. The molecule has 0 unspecified atom stereocenters. The van der Waals surface area contributed by atoms with Gasteiger partial charge >= 0.3 is 11.9 Å². The number of fused-ring (bicyclic) bond motifs is 2. The summed E-state index contributed by atoms with van der Waals surface area (Å²) in [5, 5.41) is 0. The number of carbonyl (C=O) groups is 2. The second kappa shape index (κ2) is 5.94. The van der Waals surface area contributed by atoms with Crippen LogP contribution in [0.5, 0.6) is 0 Å².